The molecule has 0 spiro atoms. The summed E-state index contributed by atoms with van der Waals surface area (Å²) in [5.74, 6) is -0.964. The number of esters is 3. The van der Waals surface area contributed by atoms with Crippen LogP contribution in [-0.4, -0.2) is 37.2 Å². The topological polar surface area (TPSA) is 78.9 Å². The Balaban J connectivity index is 4.46. The van der Waals surface area contributed by atoms with Gasteiger partial charge in [-0.05, 0) is 148 Å². The van der Waals surface area contributed by atoms with Gasteiger partial charge in [-0.1, -0.05) is 269 Å². The highest BCUT2D eigenvalue weighted by Crippen LogP contribution is 2.14. The van der Waals surface area contributed by atoms with Crippen molar-refractivity contribution in [1.29, 1.82) is 0 Å². The second-order valence-corrected chi connectivity index (χ2v) is 21.6. The van der Waals surface area contributed by atoms with Crippen molar-refractivity contribution >= 4 is 17.9 Å². The van der Waals surface area contributed by atoms with Gasteiger partial charge in [-0.25, -0.2) is 0 Å². The SMILES string of the molecule is CC/C=C\C/C=C\C/C=C\C/C=C\C/C=C\C/C=C\C/C=C\C/C=C\CCCCC(=O)OCC(COC(=O)CCCCCCC/C=C\CCCCCC)OC(=O)CCCCCCCCCC/C=C\C/C=C\C/C=C\CCCCCCC. The van der Waals surface area contributed by atoms with Crippen molar-refractivity contribution in [2.45, 2.75) is 297 Å². The van der Waals surface area contributed by atoms with Gasteiger partial charge in [0.05, 0.1) is 0 Å². The van der Waals surface area contributed by atoms with Gasteiger partial charge in [0.25, 0.3) is 0 Å². The first-order chi connectivity index (χ1) is 40.0. The van der Waals surface area contributed by atoms with Crippen LogP contribution in [0.5, 0.6) is 0 Å². The van der Waals surface area contributed by atoms with Crippen molar-refractivity contribution in [3.05, 3.63) is 146 Å². The number of ether oxygens (including phenoxy) is 3. The van der Waals surface area contributed by atoms with Crippen molar-refractivity contribution < 1.29 is 28.6 Å². The van der Waals surface area contributed by atoms with Gasteiger partial charge in [0, 0.05) is 19.3 Å². The summed E-state index contributed by atoms with van der Waals surface area (Å²) in [5.41, 5.74) is 0. The molecule has 1 unspecified atom stereocenters. The molecule has 458 valence electrons. The van der Waals surface area contributed by atoms with Gasteiger partial charge in [0.1, 0.15) is 13.2 Å². The van der Waals surface area contributed by atoms with Crippen LogP contribution in [0.15, 0.2) is 146 Å². The van der Waals surface area contributed by atoms with Crippen LogP contribution >= 0.6 is 0 Å². The third-order valence-corrected chi connectivity index (χ3v) is 13.8. The zero-order valence-corrected chi connectivity index (χ0v) is 52.5. The minimum atomic E-state index is -0.811. The monoisotopic (exact) mass is 1120 g/mol. The third kappa shape index (κ3) is 66.0. The molecule has 0 aliphatic rings. The minimum absolute atomic E-state index is 0.104. The summed E-state index contributed by atoms with van der Waals surface area (Å²) in [6.07, 6.45) is 97.1. The maximum Gasteiger partial charge on any atom is 0.306 e. The largest absolute Gasteiger partial charge is 0.462 e. The fraction of sp³-hybridized carbons (Fsp3) is 0.640. The van der Waals surface area contributed by atoms with Crippen LogP contribution in [0.4, 0.5) is 0 Å². The number of allylic oxidation sites excluding steroid dienone is 24. The van der Waals surface area contributed by atoms with Crippen molar-refractivity contribution in [2.75, 3.05) is 13.2 Å². The van der Waals surface area contributed by atoms with Gasteiger partial charge in [-0.15, -0.1) is 0 Å². The van der Waals surface area contributed by atoms with E-state index >= 15 is 0 Å². The normalized spacial score (nSPS) is 13.1. The molecule has 0 aromatic carbocycles. The molecule has 0 bridgehead atoms. The molecular formula is C75H122O6. The Morgan fingerprint density at radius 1 is 0.259 bits per heavy atom. The summed E-state index contributed by atoms with van der Waals surface area (Å²) in [7, 11) is 0. The number of unbranched alkanes of at least 4 members (excludes halogenated alkanes) is 24. The summed E-state index contributed by atoms with van der Waals surface area (Å²) < 4.78 is 16.9. The lowest BCUT2D eigenvalue weighted by Crippen LogP contribution is -2.30. The van der Waals surface area contributed by atoms with Crippen LogP contribution < -0.4 is 0 Å². The smallest absolute Gasteiger partial charge is 0.306 e. The third-order valence-electron chi connectivity index (χ3n) is 13.8. The van der Waals surface area contributed by atoms with E-state index in [0.29, 0.717) is 25.7 Å². The molecule has 0 heterocycles. The first-order valence-electron chi connectivity index (χ1n) is 33.3. The standard InChI is InChI=1S/C75H122O6/c1-4-7-10-13-16-19-22-25-27-29-31-33-35-36-37-38-40-41-43-45-47-50-53-56-59-62-65-68-74(77)80-71-72(70-79-73(76)67-64-61-58-55-52-49-24-21-18-15-12-9-6-3)81-75(78)69-66-63-60-57-54-51-48-46-44-42-39-34-32-30-28-26-23-20-17-14-11-8-5-2/h7,10,16,19,21,23-27,30-33,36-37,39-42,45,47,53,56,72H,4-6,8-9,11-15,17-18,20,22,28-29,34-35,38,43-44,46,48-52,54-55,57-71H2,1-3H3/b10-7-,19-16-,24-21-,26-23-,27-25-,32-30-,33-31-,37-36-,41-40-,42-39-,47-45-,56-53-. The average molecular weight is 1120 g/mol. The van der Waals surface area contributed by atoms with E-state index in [4.69, 9.17) is 14.2 Å². The van der Waals surface area contributed by atoms with Crippen molar-refractivity contribution in [2.24, 2.45) is 0 Å². The molecule has 0 amide bonds. The molecule has 6 heteroatoms. The predicted molar refractivity (Wildman–Crippen MR) is 352 cm³/mol. The first-order valence-corrected chi connectivity index (χ1v) is 33.3. The predicted octanol–water partition coefficient (Wildman–Crippen LogP) is 23.1. The van der Waals surface area contributed by atoms with Crippen LogP contribution in [-0.2, 0) is 28.6 Å². The fourth-order valence-corrected chi connectivity index (χ4v) is 8.81. The van der Waals surface area contributed by atoms with Crippen LogP contribution in [0.1, 0.15) is 290 Å². The molecule has 0 radical (unpaired) electrons. The Bertz CT molecular complexity index is 1760. The van der Waals surface area contributed by atoms with Gasteiger partial charge in [0.15, 0.2) is 6.10 Å². The summed E-state index contributed by atoms with van der Waals surface area (Å²) in [5, 5.41) is 0. The maximum absolute atomic E-state index is 12.9. The average Bonchev–Trinajstić information content (AvgIpc) is 3.46. The lowest BCUT2D eigenvalue weighted by molar-refractivity contribution is -0.167. The number of carbonyl (C=O) groups is 3. The van der Waals surface area contributed by atoms with E-state index in [1.807, 2.05) is 0 Å². The first kappa shape index (κ1) is 76.3. The number of carbonyl (C=O) groups excluding carboxylic acids is 3. The van der Waals surface area contributed by atoms with Crippen LogP contribution in [0.3, 0.4) is 0 Å². The fourth-order valence-electron chi connectivity index (χ4n) is 8.81. The van der Waals surface area contributed by atoms with E-state index in [1.54, 1.807) is 0 Å². The summed E-state index contributed by atoms with van der Waals surface area (Å²) >= 11 is 0. The highest BCUT2D eigenvalue weighted by Gasteiger charge is 2.19. The zero-order valence-electron chi connectivity index (χ0n) is 52.5. The minimum Gasteiger partial charge on any atom is -0.462 e. The van der Waals surface area contributed by atoms with E-state index in [-0.39, 0.29) is 31.1 Å². The highest BCUT2D eigenvalue weighted by atomic mass is 16.6. The summed E-state index contributed by atoms with van der Waals surface area (Å²) in [4.78, 5) is 38.3. The Hall–Kier alpha value is -4.71. The molecule has 0 saturated carbocycles. The molecule has 0 fully saturated rings. The highest BCUT2D eigenvalue weighted by molar-refractivity contribution is 5.71. The molecule has 0 aromatic rings. The molecule has 0 aliphatic carbocycles. The van der Waals surface area contributed by atoms with E-state index < -0.39 is 6.10 Å². The van der Waals surface area contributed by atoms with Gasteiger partial charge in [-0.2, -0.15) is 0 Å². The number of hydrogen-bond acceptors (Lipinski definition) is 6. The Morgan fingerprint density at radius 3 is 0.802 bits per heavy atom. The number of rotatable bonds is 59. The van der Waals surface area contributed by atoms with Gasteiger partial charge >= 0.3 is 17.9 Å². The van der Waals surface area contributed by atoms with Gasteiger partial charge in [-0.3, -0.25) is 14.4 Å². The van der Waals surface area contributed by atoms with Gasteiger partial charge in [0.2, 0.25) is 0 Å². The number of hydrogen-bond donors (Lipinski definition) is 0. The molecule has 1 atom stereocenters. The van der Waals surface area contributed by atoms with Crippen molar-refractivity contribution in [3.8, 4) is 0 Å². The molecule has 81 heavy (non-hydrogen) atoms. The second kappa shape index (κ2) is 67.8. The van der Waals surface area contributed by atoms with E-state index in [2.05, 4.69) is 167 Å². The lowest BCUT2D eigenvalue weighted by Gasteiger charge is -2.18. The molecule has 0 aliphatic heterocycles. The molecule has 0 saturated heterocycles. The lowest BCUT2D eigenvalue weighted by atomic mass is 10.1. The van der Waals surface area contributed by atoms with Crippen LogP contribution in [0.2, 0.25) is 0 Å². The summed E-state index contributed by atoms with van der Waals surface area (Å²) in [6.45, 7) is 6.46. The maximum atomic E-state index is 12.9. The Kier molecular flexibility index (Phi) is 63.9. The van der Waals surface area contributed by atoms with Crippen LogP contribution in [0.25, 0.3) is 0 Å². The summed E-state index contributed by atoms with van der Waals surface area (Å²) in [6, 6.07) is 0. The molecule has 0 rings (SSSR count). The molecular weight excluding hydrogens is 997 g/mol. The second-order valence-electron chi connectivity index (χ2n) is 21.6. The molecule has 0 N–H and O–H groups in total. The Labute approximate surface area is 499 Å². The molecule has 6 nitrogen and oxygen atoms in total. The Morgan fingerprint density at radius 2 is 0.481 bits per heavy atom. The van der Waals surface area contributed by atoms with Crippen LogP contribution in [0, 0.1) is 0 Å². The van der Waals surface area contributed by atoms with Crippen molar-refractivity contribution in [1.82, 2.24) is 0 Å². The van der Waals surface area contributed by atoms with Crippen molar-refractivity contribution in [3.63, 3.8) is 0 Å². The van der Waals surface area contributed by atoms with Gasteiger partial charge < -0.3 is 14.2 Å². The van der Waals surface area contributed by atoms with E-state index in [1.165, 1.54) is 109 Å². The quantitative estimate of drug-likeness (QED) is 0.0261. The molecule has 0 aromatic heterocycles. The van der Waals surface area contributed by atoms with E-state index in [9.17, 15) is 14.4 Å². The van der Waals surface area contributed by atoms with E-state index in [0.717, 1.165) is 135 Å². The zero-order chi connectivity index (χ0) is 58.5.